The molecule has 0 bridgehead atoms. The van der Waals surface area contributed by atoms with Gasteiger partial charge < -0.3 is 24.8 Å². The van der Waals surface area contributed by atoms with Gasteiger partial charge in [-0.15, -0.1) is 0 Å². The number of carbonyl (C=O) groups is 2. The molecule has 0 spiro atoms. The van der Waals surface area contributed by atoms with Crippen molar-refractivity contribution in [1.82, 2.24) is 19.4 Å². The third-order valence-corrected chi connectivity index (χ3v) is 7.57. The first kappa shape index (κ1) is 28.7. The lowest BCUT2D eigenvalue weighted by atomic mass is 9.84. The zero-order chi connectivity index (χ0) is 29.4. The van der Waals surface area contributed by atoms with Gasteiger partial charge in [0.2, 0.25) is 5.92 Å². The number of anilines is 2. The highest BCUT2D eigenvalue weighted by Crippen LogP contribution is 2.40. The van der Waals surface area contributed by atoms with Gasteiger partial charge >= 0.3 is 12.1 Å². The van der Waals surface area contributed by atoms with Crippen LogP contribution in [0.1, 0.15) is 76.9 Å². The number of carbonyl (C=O) groups excluding carboxylic acids is 2. The predicted molar refractivity (Wildman–Crippen MR) is 149 cm³/mol. The third kappa shape index (κ3) is 6.91. The Hall–Kier alpha value is -3.83. The van der Waals surface area contributed by atoms with Gasteiger partial charge in [-0.25, -0.2) is 27.7 Å². The molecule has 0 aromatic carbocycles. The summed E-state index contributed by atoms with van der Waals surface area (Å²) < 4.78 is 48.5. The van der Waals surface area contributed by atoms with Crippen LogP contribution in [-0.4, -0.2) is 56.2 Å². The molecule has 0 atom stereocenters. The van der Waals surface area contributed by atoms with Crippen LogP contribution in [0.15, 0.2) is 36.8 Å². The van der Waals surface area contributed by atoms with Crippen molar-refractivity contribution in [2.45, 2.75) is 82.8 Å². The molecule has 3 aromatic heterocycles. The number of pyridine rings is 2. The fourth-order valence-corrected chi connectivity index (χ4v) is 5.48. The maximum atomic E-state index is 14.2. The van der Waals surface area contributed by atoms with Gasteiger partial charge in [0.25, 0.3) is 0 Å². The molecule has 2 N–H and O–H groups in total. The summed E-state index contributed by atoms with van der Waals surface area (Å²) >= 11 is 0. The molecule has 4 heterocycles. The molecular formula is C29H35F3N6O3. The minimum Gasteiger partial charge on any atom is -0.444 e. The van der Waals surface area contributed by atoms with Crippen molar-refractivity contribution >= 4 is 34.5 Å². The average Bonchev–Trinajstić information content (AvgIpc) is 3.25. The number of amides is 3. The predicted octanol–water partition coefficient (Wildman–Crippen LogP) is 7.08. The number of halogens is 3. The summed E-state index contributed by atoms with van der Waals surface area (Å²) in [6.07, 6.45) is 5.78. The first-order chi connectivity index (χ1) is 19.4. The fraction of sp³-hybridized carbons (Fsp3) is 0.517. The standard InChI is InChI=1S/C29H35F3N6O3/c1-28(2,3)41-27(40)37-12-8-21(9-13-37)38-17-24(22-14-19(30)15-34-25(22)38)36-26(39)35-20-4-5-23(33-16-20)18-6-10-29(31,32)11-7-18/h4-5,14-18,21H,6-13H2,1-3H3,(H2,35,36,39). The number of aromatic nitrogens is 3. The van der Waals surface area contributed by atoms with Crippen molar-refractivity contribution in [3.63, 3.8) is 0 Å². The van der Waals surface area contributed by atoms with Crippen LogP contribution in [0.2, 0.25) is 0 Å². The Morgan fingerprint density at radius 1 is 1.02 bits per heavy atom. The number of likely N-dealkylation sites (tertiary alicyclic amines) is 1. The number of nitrogens with zero attached hydrogens (tertiary/aromatic N) is 4. The van der Waals surface area contributed by atoms with Crippen LogP contribution < -0.4 is 10.6 Å². The smallest absolute Gasteiger partial charge is 0.410 e. The highest BCUT2D eigenvalue weighted by molar-refractivity contribution is 6.05. The molecule has 1 saturated heterocycles. The van der Waals surface area contributed by atoms with Crippen molar-refractivity contribution in [3.05, 3.63) is 48.3 Å². The molecule has 1 aliphatic carbocycles. The normalized spacial score (nSPS) is 18.3. The van der Waals surface area contributed by atoms with E-state index in [9.17, 15) is 22.8 Å². The lowest BCUT2D eigenvalue weighted by Crippen LogP contribution is -2.42. The summed E-state index contributed by atoms with van der Waals surface area (Å²) in [6.45, 7) is 6.47. The van der Waals surface area contributed by atoms with E-state index >= 15 is 0 Å². The monoisotopic (exact) mass is 572 g/mol. The van der Waals surface area contributed by atoms with Crippen molar-refractivity contribution < 1.29 is 27.5 Å². The van der Waals surface area contributed by atoms with Gasteiger partial charge in [-0.3, -0.25) is 4.98 Å². The van der Waals surface area contributed by atoms with Crippen LogP contribution >= 0.6 is 0 Å². The molecule has 9 nitrogen and oxygen atoms in total. The molecule has 2 fully saturated rings. The van der Waals surface area contributed by atoms with Crippen LogP contribution in [0, 0.1) is 5.82 Å². The van der Waals surface area contributed by atoms with Crippen LogP contribution in [0.5, 0.6) is 0 Å². The van der Waals surface area contributed by atoms with Crippen LogP contribution in [-0.2, 0) is 4.74 Å². The van der Waals surface area contributed by atoms with Crippen molar-refractivity contribution in [1.29, 1.82) is 0 Å². The number of nitrogens with one attached hydrogen (secondary N) is 2. The van der Waals surface area contributed by atoms with Gasteiger partial charge in [0, 0.05) is 55.2 Å². The maximum absolute atomic E-state index is 14.2. The first-order valence-corrected chi connectivity index (χ1v) is 13.9. The molecule has 1 saturated carbocycles. The summed E-state index contributed by atoms with van der Waals surface area (Å²) in [6, 6.07) is 4.22. The largest absolute Gasteiger partial charge is 0.444 e. The molecule has 0 radical (unpaired) electrons. The Labute approximate surface area is 236 Å². The van der Waals surface area contributed by atoms with E-state index in [0.29, 0.717) is 61.2 Å². The maximum Gasteiger partial charge on any atom is 0.410 e. The van der Waals surface area contributed by atoms with E-state index in [2.05, 4.69) is 20.6 Å². The van der Waals surface area contributed by atoms with Gasteiger partial charge in [0.05, 0.1) is 23.8 Å². The molecular weight excluding hydrogens is 537 g/mol. The van der Waals surface area contributed by atoms with E-state index in [-0.39, 0.29) is 30.9 Å². The molecule has 0 unspecified atom stereocenters. The molecule has 220 valence electrons. The quantitative estimate of drug-likeness (QED) is 0.348. The lowest BCUT2D eigenvalue weighted by molar-refractivity contribution is -0.0385. The van der Waals surface area contributed by atoms with E-state index in [0.717, 1.165) is 11.9 Å². The molecule has 1 aliphatic heterocycles. The Balaban J connectivity index is 1.24. The average molecular weight is 573 g/mol. The van der Waals surface area contributed by atoms with E-state index in [1.54, 1.807) is 23.2 Å². The van der Waals surface area contributed by atoms with Gasteiger partial charge in [-0.1, -0.05) is 0 Å². The second-order valence-electron chi connectivity index (χ2n) is 11.9. The summed E-state index contributed by atoms with van der Waals surface area (Å²) in [7, 11) is 0. The number of alkyl halides is 2. The number of urea groups is 1. The lowest BCUT2D eigenvalue weighted by Gasteiger charge is -2.34. The summed E-state index contributed by atoms with van der Waals surface area (Å²) in [5.41, 5.74) is 1.52. The molecule has 2 aliphatic rings. The Bertz CT molecular complexity index is 1400. The second kappa shape index (κ2) is 11.2. The fourth-order valence-electron chi connectivity index (χ4n) is 5.48. The van der Waals surface area contributed by atoms with Crippen molar-refractivity contribution in [2.24, 2.45) is 0 Å². The van der Waals surface area contributed by atoms with Crippen LogP contribution in [0.3, 0.4) is 0 Å². The summed E-state index contributed by atoms with van der Waals surface area (Å²) in [5, 5.41) is 5.97. The van der Waals surface area contributed by atoms with Crippen molar-refractivity contribution in [2.75, 3.05) is 23.7 Å². The van der Waals surface area contributed by atoms with Gasteiger partial charge in [0.1, 0.15) is 17.1 Å². The van der Waals surface area contributed by atoms with Crippen molar-refractivity contribution in [3.8, 4) is 0 Å². The molecule has 3 amide bonds. The number of hydrogen-bond donors (Lipinski definition) is 2. The second-order valence-corrected chi connectivity index (χ2v) is 11.9. The number of fused-ring (bicyclic) bond motifs is 1. The molecule has 3 aromatic rings. The highest BCUT2D eigenvalue weighted by atomic mass is 19.3. The zero-order valence-corrected chi connectivity index (χ0v) is 23.4. The van der Waals surface area contributed by atoms with Gasteiger partial charge in [0.15, 0.2) is 0 Å². The van der Waals surface area contributed by atoms with Gasteiger partial charge in [-0.05, 0) is 64.7 Å². The zero-order valence-electron chi connectivity index (χ0n) is 23.4. The molecule has 41 heavy (non-hydrogen) atoms. The minimum atomic E-state index is -2.60. The Morgan fingerprint density at radius 2 is 1.73 bits per heavy atom. The van der Waals surface area contributed by atoms with E-state index in [1.807, 2.05) is 25.3 Å². The Morgan fingerprint density at radius 3 is 2.37 bits per heavy atom. The van der Waals surface area contributed by atoms with Gasteiger partial charge in [-0.2, -0.15) is 0 Å². The minimum absolute atomic E-state index is 0.00996. The number of ether oxygens (including phenoxy) is 1. The van der Waals surface area contributed by atoms with E-state index in [4.69, 9.17) is 4.74 Å². The summed E-state index contributed by atoms with van der Waals surface area (Å²) in [4.78, 5) is 35.7. The Kier molecular flexibility index (Phi) is 7.85. The molecule has 12 heteroatoms. The van der Waals surface area contributed by atoms with Crippen LogP contribution in [0.4, 0.5) is 34.1 Å². The van der Waals surface area contributed by atoms with E-state index in [1.165, 1.54) is 12.3 Å². The number of hydrogen-bond acceptors (Lipinski definition) is 5. The third-order valence-electron chi connectivity index (χ3n) is 7.57. The van der Waals surface area contributed by atoms with Crippen LogP contribution in [0.25, 0.3) is 11.0 Å². The highest BCUT2D eigenvalue weighted by Gasteiger charge is 2.35. The first-order valence-electron chi connectivity index (χ1n) is 13.9. The number of rotatable bonds is 4. The van der Waals surface area contributed by atoms with E-state index < -0.39 is 23.4 Å². The summed E-state index contributed by atoms with van der Waals surface area (Å²) in [5.74, 6) is -3.16. The number of piperidine rings is 1. The molecule has 5 rings (SSSR count). The topological polar surface area (TPSA) is 101 Å². The SMILES string of the molecule is CC(C)(C)OC(=O)N1CCC(n2cc(NC(=O)Nc3ccc(C4CCC(F)(F)CC4)nc3)c3cc(F)cnc32)CC1.